The van der Waals surface area contributed by atoms with Crippen LogP contribution in [-0.2, 0) is 11.3 Å². The van der Waals surface area contributed by atoms with Crippen LogP contribution in [0.3, 0.4) is 0 Å². The van der Waals surface area contributed by atoms with Crippen LogP contribution in [0.4, 0.5) is 4.79 Å². The third-order valence-corrected chi connectivity index (χ3v) is 2.69. The lowest BCUT2D eigenvalue weighted by atomic mass is 10.4. The summed E-state index contributed by atoms with van der Waals surface area (Å²) in [6.07, 6.45) is 0.836. The molecule has 0 radical (unpaired) electrons. The van der Waals surface area contributed by atoms with E-state index in [1.54, 1.807) is 18.4 Å². The number of hydrogen-bond donors (Lipinski definition) is 2. The minimum Gasteiger partial charge on any atom is -0.385 e. The van der Waals surface area contributed by atoms with Crippen molar-refractivity contribution in [3.05, 3.63) is 22.4 Å². The van der Waals surface area contributed by atoms with Crippen molar-refractivity contribution in [2.75, 3.05) is 20.3 Å². The van der Waals surface area contributed by atoms with E-state index in [1.165, 1.54) is 0 Å². The van der Waals surface area contributed by atoms with Crippen LogP contribution in [0.25, 0.3) is 0 Å². The van der Waals surface area contributed by atoms with Gasteiger partial charge >= 0.3 is 6.03 Å². The number of carbonyl (C=O) groups excluding carboxylic acids is 1. The van der Waals surface area contributed by atoms with Gasteiger partial charge in [0.25, 0.3) is 0 Å². The highest BCUT2D eigenvalue weighted by Gasteiger charge is 1.99. The first kappa shape index (κ1) is 12.0. The average molecular weight is 228 g/mol. The van der Waals surface area contributed by atoms with Gasteiger partial charge in [0, 0.05) is 25.1 Å². The summed E-state index contributed by atoms with van der Waals surface area (Å²) in [4.78, 5) is 12.4. The average Bonchev–Trinajstić information content (AvgIpc) is 2.74. The summed E-state index contributed by atoms with van der Waals surface area (Å²) >= 11 is 1.63. The Morgan fingerprint density at radius 2 is 2.40 bits per heavy atom. The fourth-order valence-electron chi connectivity index (χ4n) is 1.06. The minimum absolute atomic E-state index is 0.125. The highest BCUT2D eigenvalue weighted by molar-refractivity contribution is 7.09. The van der Waals surface area contributed by atoms with E-state index in [0.717, 1.165) is 11.3 Å². The molecule has 1 rings (SSSR count). The molecule has 0 unspecified atom stereocenters. The van der Waals surface area contributed by atoms with Gasteiger partial charge in [0.1, 0.15) is 0 Å². The Hall–Kier alpha value is -1.07. The molecule has 4 nitrogen and oxygen atoms in total. The van der Waals surface area contributed by atoms with Crippen molar-refractivity contribution in [2.24, 2.45) is 0 Å². The molecule has 0 aliphatic heterocycles. The van der Waals surface area contributed by atoms with Gasteiger partial charge in [-0.15, -0.1) is 11.3 Å². The van der Waals surface area contributed by atoms with E-state index >= 15 is 0 Å². The lowest BCUT2D eigenvalue weighted by molar-refractivity contribution is 0.193. The normalized spacial score (nSPS) is 9.93. The van der Waals surface area contributed by atoms with Crippen molar-refractivity contribution in [1.82, 2.24) is 10.6 Å². The first-order chi connectivity index (χ1) is 7.33. The number of nitrogens with one attached hydrogen (secondary N) is 2. The molecule has 0 bridgehead atoms. The van der Waals surface area contributed by atoms with E-state index in [-0.39, 0.29) is 6.03 Å². The summed E-state index contributed by atoms with van der Waals surface area (Å²) in [5.74, 6) is 0. The fraction of sp³-hybridized carbons (Fsp3) is 0.500. The Kier molecular flexibility index (Phi) is 5.80. The quantitative estimate of drug-likeness (QED) is 0.726. The van der Waals surface area contributed by atoms with Crippen molar-refractivity contribution < 1.29 is 9.53 Å². The Morgan fingerprint density at radius 1 is 1.53 bits per heavy atom. The first-order valence-electron chi connectivity index (χ1n) is 4.86. The van der Waals surface area contributed by atoms with E-state index in [9.17, 15) is 4.79 Å². The molecule has 0 saturated heterocycles. The van der Waals surface area contributed by atoms with Crippen molar-refractivity contribution in [1.29, 1.82) is 0 Å². The van der Waals surface area contributed by atoms with Crippen molar-refractivity contribution >= 4 is 17.4 Å². The molecule has 0 spiro atoms. The summed E-state index contributed by atoms with van der Waals surface area (Å²) in [7, 11) is 1.65. The molecule has 5 heteroatoms. The SMILES string of the molecule is COCCCNC(=O)NCc1cccs1. The van der Waals surface area contributed by atoms with Crippen molar-refractivity contribution in [3.63, 3.8) is 0 Å². The fourth-order valence-corrected chi connectivity index (χ4v) is 1.71. The molecule has 15 heavy (non-hydrogen) atoms. The number of thiophene rings is 1. The van der Waals surface area contributed by atoms with Gasteiger partial charge in [0.2, 0.25) is 0 Å². The largest absolute Gasteiger partial charge is 0.385 e. The zero-order chi connectivity index (χ0) is 10.9. The minimum atomic E-state index is -0.125. The molecule has 0 aliphatic carbocycles. The molecule has 1 aromatic rings. The molecular formula is C10H16N2O2S. The molecule has 0 saturated carbocycles. The molecule has 2 amide bonds. The molecule has 0 atom stereocenters. The van der Waals surface area contributed by atoms with Crippen LogP contribution in [0.1, 0.15) is 11.3 Å². The number of rotatable bonds is 6. The molecule has 1 heterocycles. The van der Waals surface area contributed by atoms with Crippen LogP contribution in [-0.4, -0.2) is 26.3 Å². The van der Waals surface area contributed by atoms with E-state index in [1.807, 2.05) is 17.5 Å². The number of carbonyl (C=O) groups is 1. The van der Waals surface area contributed by atoms with Crippen LogP contribution in [0.15, 0.2) is 17.5 Å². The van der Waals surface area contributed by atoms with Crippen molar-refractivity contribution in [3.8, 4) is 0 Å². The standard InChI is InChI=1S/C10H16N2O2S/c1-14-6-3-5-11-10(13)12-8-9-4-2-7-15-9/h2,4,7H,3,5-6,8H2,1H3,(H2,11,12,13). The first-order valence-corrected chi connectivity index (χ1v) is 5.74. The number of methoxy groups -OCH3 is 1. The lowest BCUT2D eigenvalue weighted by Crippen LogP contribution is -2.35. The summed E-state index contributed by atoms with van der Waals surface area (Å²) < 4.78 is 4.87. The number of amides is 2. The van der Waals surface area contributed by atoms with Gasteiger partial charge in [0.15, 0.2) is 0 Å². The highest BCUT2D eigenvalue weighted by atomic mass is 32.1. The second kappa shape index (κ2) is 7.25. The molecule has 84 valence electrons. The van der Waals surface area contributed by atoms with Gasteiger partial charge in [-0.25, -0.2) is 4.79 Å². The Morgan fingerprint density at radius 3 is 3.07 bits per heavy atom. The monoisotopic (exact) mass is 228 g/mol. The van der Waals surface area contributed by atoms with Gasteiger partial charge in [-0.1, -0.05) is 6.07 Å². The number of ether oxygens (including phenoxy) is 1. The summed E-state index contributed by atoms with van der Waals surface area (Å²) in [5, 5.41) is 7.53. The predicted octanol–water partition coefficient (Wildman–Crippen LogP) is 1.58. The molecule has 0 aromatic carbocycles. The Bertz CT molecular complexity index is 275. The van der Waals surface area contributed by atoms with Gasteiger partial charge in [-0.2, -0.15) is 0 Å². The second-order valence-electron chi connectivity index (χ2n) is 3.04. The van der Waals surface area contributed by atoms with Crippen LogP contribution in [0.2, 0.25) is 0 Å². The van der Waals surface area contributed by atoms with E-state index in [4.69, 9.17) is 4.74 Å². The number of urea groups is 1. The Balaban J connectivity index is 2.04. The molecule has 0 aliphatic rings. The third kappa shape index (κ3) is 5.39. The van der Waals surface area contributed by atoms with Gasteiger partial charge < -0.3 is 15.4 Å². The van der Waals surface area contributed by atoms with E-state index in [0.29, 0.717) is 19.7 Å². The molecule has 2 N–H and O–H groups in total. The van der Waals surface area contributed by atoms with Gasteiger partial charge in [0.05, 0.1) is 6.54 Å². The maximum atomic E-state index is 11.2. The maximum absolute atomic E-state index is 11.2. The molecule has 0 fully saturated rings. The topological polar surface area (TPSA) is 50.4 Å². The third-order valence-electron chi connectivity index (χ3n) is 1.81. The summed E-state index contributed by atoms with van der Waals surface area (Å²) in [6.45, 7) is 1.91. The van der Waals surface area contributed by atoms with E-state index < -0.39 is 0 Å². The number of hydrogen-bond acceptors (Lipinski definition) is 3. The lowest BCUT2D eigenvalue weighted by Gasteiger charge is -2.05. The van der Waals surface area contributed by atoms with Crippen LogP contribution >= 0.6 is 11.3 Å². The summed E-state index contributed by atoms with van der Waals surface area (Å²) in [5.41, 5.74) is 0. The predicted molar refractivity (Wildman–Crippen MR) is 61.1 cm³/mol. The van der Waals surface area contributed by atoms with Crippen LogP contribution in [0, 0.1) is 0 Å². The molecular weight excluding hydrogens is 212 g/mol. The van der Waals surface area contributed by atoms with Crippen LogP contribution in [0.5, 0.6) is 0 Å². The van der Waals surface area contributed by atoms with E-state index in [2.05, 4.69) is 10.6 Å². The van der Waals surface area contributed by atoms with Crippen molar-refractivity contribution in [2.45, 2.75) is 13.0 Å². The van der Waals surface area contributed by atoms with Crippen LogP contribution < -0.4 is 10.6 Å². The highest BCUT2D eigenvalue weighted by Crippen LogP contribution is 2.06. The summed E-state index contributed by atoms with van der Waals surface area (Å²) in [6, 6.07) is 3.84. The zero-order valence-corrected chi connectivity index (χ0v) is 9.60. The van der Waals surface area contributed by atoms with Gasteiger partial charge in [-0.3, -0.25) is 0 Å². The Labute approximate surface area is 93.6 Å². The second-order valence-corrected chi connectivity index (χ2v) is 4.07. The van der Waals surface area contributed by atoms with Gasteiger partial charge in [-0.05, 0) is 17.9 Å². The zero-order valence-electron chi connectivity index (χ0n) is 8.79. The molecule has 1 aromatic heterocycles. The smallest absolute Gasteiger partial charge is 0.315 e. The maximum Gasteiger partial charge on any atom is 0.315 e.